The van der Waals surface area contributed by atoms with Gasteiger partial charge in [0.25, 0.3) is 0 Å². The maximum Gasteiger partial charge on any atom is 0.137 e. The van der Waals surface area contributed by atoms with Gasteiger partial charge in [-0.05, 0) is 65.1 Å². The molecule has 0 N–H and O–H groups in total. The van der Waals surface area contributed by atoms with Crippen LogP contribution < -0.4 is 4.74 Å². The summed E-state index contributed by atoms with van der Waals surface area (Å²) in [6.45, 7) is 0. The van der Waals surface area contributed by atoms with E-state index in [1.54, 1.807) is 24.9 Å². The van der Waals surface area contributed by atoms with Crippen LogP contribution in [0.15, 0.2) is 52.3 Å². The Morgan fingerprint density at radius 1 is 1.11 bits per heavy atom. The lowest BCUT2D eigenvalue weighted by Crippen LogP contribution is -1.88. The summed E-state index contributed by atoms with van der Waals surface area (Å²) in [7, 11) is 1.58. The van der Waals surface area contributed by atoms with E-state index in [4.69, 9.17) is 10.00 Å². The molecule has 0 spiro atoms. The lowest BCUT2D eigenvalue weighted by molar-refractivity contribution is 0.412. The predicted molar refractivity (Wildman–Crippen MR) is 81.0 cm³/mol. The fraction of sp³-hybridized carbons (Fsp3) is 0.0714. The molecular formula is C14H10INOS. The first-order chi connectivity index (χ1) is 8.72. The van der Waals surface area contributed by atoms with E-state index in [-0.39, 0.29) is 0 Å². The van der Waals surface area contributed by atoms with Gasteiger partial charge >= 0.3 is 0 Å². The molecule has 0 saturated carbocycles. The van der Waals surface area contributed by atoms with Crippen LogP contribution in [0.1, 0.15) is 5.56 Å². The van der Waals surface area contributed by atoms with Crippen molar-refractivity contribution in [2.45, 2.75) is 9.79 Å². The maximum atomic E-state index is 8.92. The fourth-order valence-corrected chi connectivity index (χ4v) is 2.67. The molecule has 0 bridgehead atoms. The highest BCUT2D eigenvalue weighted by atomic mass is 127. The lowest BCUT2D eigenvalue weighted by Gasteiger charge is -2.06. The van der Waals surface area contributed by atoms with E-state index in [9.17, 15) is 0 Å². The van der Waals surface area contributed by atoms with Gasteiger partial charge in [-0.3, -0.25) is 0 Å². The highest BCUT2D eigenvalue weighted by molar-refractivity contribution is 14.1. The Morgan fingerprint density at radius 2 is 1.78 bits per heavy atom. The third-order valence-electron chi connectivity index (χ3n) is 2.34. The molecule has 0 heterocycles. The third kappa shape index (κ3) is 3.18. The Balaban J connectivity index is 2.25. The summed E-state index contributed by atoms with van der Waals surface area (Å²) >= 11 is 3.94. The van der Waals surface area contributed by atoms with Crippen molar-refractivity contribution in [1.82, 2.24) is 0 Å². The highest BCUT2D eigenvalue weighted by Gasteiger charge is 2.04. The summed E-state index contributed by atoms with van der Waals surface area (Å²) in [6.07, 6.45) is 0. The van der Waals surface area contributed by atoms with Gasteiger partial charge in [0, 0.05) is 13.4 Å². The molecule has 0 aliphatic rings. The normalized spacial score (nSPS) is 9.83. The van der Waals surface area contributed by atoms with Gasteiger partial charge in [0.15, 0.2) is 0 Å². The molecule has 0 unspecified atom stereocenters. The standard InChI is InChI=1S/C14H10INOS/c1-17-14-8-13(5-2-10(14)9-16)18-12-6-3-11(15)4-7-12/h2-8H,1H3. The number of benzene rings is 2. The predicted octanol–water partition coefficient (Wildman–Crippen LogP) is 4.32. The van der Waals surface area contributed by atoms with Gasteiger partial charge in [0.2, 0.25) is 0 Å². The minimum atomic E-state index is 0.560. The van der Waals surface area contributed by atoms with Crippen molar-refractivity contribution >= 4 is 34.4 Å². The molecule has 0 fully saturated rings. The second kappa shape index (κ2) is 6.12. The van der Waals surface area contributed by atoms with E-state index in [0.717, 1.165) is 4.90 Å². The topological polar surface area (TPSA) is 33.0 Å². The van der Waals surface area contributed by atoms with Crippen molar-refractivity contribution in [3.05, 3.63) is 51.6 Å². The Hall–Kier alpha value is -1.19. The molecule has 90 valence electrons. The second-order valence-corrected chi connectivity index (χ2v) is 5.92. The van der Waals surface area contributed by atoms with Crippen LogP contribution in [0.4, 0.5) is 0 Å². The van der Waals surface area contributed by atoms with E-state index in [0.29, 0.717) is 11.3 Å². The van der Waals surface area contributed by atoms with Crippen molar-refractivity contribution < 1.29 is 4.74 Å². The molecule has 2 nitrogen and oxygen atoms in total. The van der Waals surface area contributed by atoms with Gasteiger partial charge in [0.1, 0.15) is 11.8 Å². The van der Waals surface area contributed by atoms with Crippen LogP contribution in [0, 0.1) is 14.9 Å². The number of rotatable bonds is 3. The quantitative estimate of drug-likeness (QED) is 0.758. The molecule has 4 heteroatoms. The number of hydrogen-bond donors (Lipinski definition) is 0. The molecule has 0 saturated heterocycles. The minimum Gasteiger partial charge on any atom is -0.495 e. The van der Waals surface area contributed by atoms with Crippen molar-refractivity contribution in [2.24, 2.45) is 0 Å². The number of hydrogen-bond acceptors (Lipinski definition) is 3. The first-order valence-electron chi connectivity index (χ1n) is 5.24. The number of nitriles is 1. The van der Waals surface area contributed by atoms with Gasteiger partial charge in [-0.25, -0.2) is 0 Å². The smallest absolute Gasteiger partial charge is 0.137 e. The number of halogens is 1. The van der Waals surface area contributed by atoms with E-state index >= 15 is 0 Å². The van der Waals surface area contributed by atoms with Crippen LogP contribution in [0.3, 0.4) is 0 Å². The zero-order valence-electron chi connectivity index (χ0n) is 9.68. The second-order valence-electron chi connectivity index (χ2n) is 3.53. The van der Waals surface area contributed by atoms with Gasteiger partial charge in [-0.15, -0.1) is 0 Å². The van der Waals surface area contributed by atoms with Crippen LogP contribution in [0.2, 0.25) is 0 Å². The molecule has 0 aromatic heterocycles. The average molecular weight is 367 g/mol. The zero-order valence-corrected chi connectivity index (χ0v) is 12.7. The maximum absolute atomic E-state index is 8.92. The summed E-state index contributed by atoms with van der Waals surface area (Å²) in [5, 5.41) is 8.92. The van der Waals surface area contributed by atoms with E-state index in [1.165, 1.54) is 8.47 Å². The van der Waals surface area contributed by atoms with E-state index < -0.39 is 0 Å². The van der Waals surface area contributed by atoms with E-state index in [2.05, 4.69) is 52.9 Å². The number of methoxy groups -OCH3 is 1. The Labute approximate surface area is 124 Å². The summed E-state index contributed by atoms with van der Waals surface area (Å²) in [4.78, 5) is 2.23. The largest absolute Gasteiger partial charge is 0.495 e. The molecule has 0 aliphatic carbocycles. The molecule has 0 radical (unpaired) electrons. The van der Waals surface area contributed by atoms with E-state index in [1.807, 2.05) is 12.1 Å². The van der Waals surface area contributed by atoms with Crippen molar-refractivity contribution in [3.8, 4) is 11.8 Å². The SMILES string of the molecule is COc1cc(Sc2ccc(I)cc2)ccc1C#N. The van der Waals surface area contributed by atoms with Crippen molar-refractivity contribution in [2.75, 3.05) is 7.11 Å². The van der Waals surface area contributed by atoms with Crippen LogP contribution >= 0.6 is 34.4 Å². The molecule has 2 aromatic rings. The highest BCUT2D eigenvalue weighted by Crippen LogP contribution is 2.31. The van der Waals surface area contributed by atoms with Crippen LogP contribution in [-0.4, -0.2) is 7.11 Å². The Kier molecular flexibility index (Phi) is 4.50. The van der Waals surface area contributed by atoms with Crippen LogP contribution in [0.5, 0.6) is 5.75 Å². The summed E-state index contributed by atoms with van der Waals surface area (Å²) < 4.78 is 6.41. The molecular weight excluding hydrogens is 357 g/mol. The first kappa shape index (κ1) is 13.2. The minimum absolute atomic E-state index is 0.560. The van der Waals surface area contributed by atoms with Crippen LogP contribution in [-0.2, 0) is 0 Å². The van der Waals surface area contributed by atoms with Gasteiger partial charge in [-0.2, -0.15) is 5.26 Å². The third-order valence-corrected chi connectivity index (χ3v) is 4.06. The number of ether oxygens (including phenoxy) is 1. The lowest BCUT2D eigenvalue weighted by atomic mass is 10.2. The zero-order chi connectivity index (χ0) is 13.0. The Morgan fingerprint density at radius 3 is 2.39 bits per heavy atom. The molecule has 18 heavy (non-hydrogen) atoms. The number of nitrogens with zero attached hydrogens (tertiary/aromatic N) is 1. The molecule has 0 amide bonds. The van der Waals surface area contributed by atoms with Gasteiger partial charge < -0.3 is 4.74 Å². The summed E-state index contributed by atoms with van der Waals surface area (Å²) in [5.74, 6) is 0.619. The average Bonchev–Trinajstić information content (AvgIpc) is 2.41. The molecule has 0 atom stereocenters. The van der Waals surface area contributed by atoms with Gasteiger partial charge in [-0.1, -0.05) is 11.8 Å². The monoisotopic (exact) mass is 367 g/mol. The van der Waals surface area contributed by atoms with Crippen molar-refractivity contribution in [3.63, 3.8) is 0 Å². The molecule has 0 aliphatic heterocycles. The molecule has 2 rings (SSSR count). The first-order valence-corrected chi connectivity index (χ1v) is 7.14. The summed E-state index contributed by atoms with van der Waals surface area (Å²) in [5.41, 5.74) is 0.560. The Bertz CT molecular complexity index is 590. The van der Waals surface area contributed by atoms with Crippen molar-refractivity contribution in [1.29, 1.82) is 5.26 Å². The fourth-order valence-electron chi connectivity index (χ4n) is 1.47. The summed E-state index contributed by atoms with van der Waals surface area (Å²) in [6, 6.07) is 16.0. The van der Waals surface area contributed by atoms with Crippen LogP contribution in [0.25, 0.3) is 0 Å². The van der Waals surface area contributed by atoms with Gasteiger partial charge in [0.05, 0.1) is 12.7 Å². The molecule has 2 aromatic carbocycles.